The van der Waals surface area contributed by atoms with Crippen LogP contribution >= 0.6 is 0 Å². The van der Waals surface area contributed by atoms with Crippen molar-refractivity contribution in [1.29, 1.82) is 0 Å². The van der Waals surface area contributed by atoms with Crippen molar-refractivity contribution in [1.82, 2.24) is 15.3 Å². The lowest BCUT2D eigenvalue weighted by Crippen LogP contribution is -2.29. The van der Waals surface area contributed by atoms with Crippen LogP contribution in [-0.2, 0) is 9.53 Å². The number of aromatic nitrogens is 2. The summed E-state index contributed by atoms with van der Waals surface area (Å²) in [4.78, 5) is 30.1. The lowest BCUT2D eigenvalue weighted by molar-refractivity contribution is -0.124. The van der Waals surface area contributed by atoms with E-state index in [1.54, 1.807) is 0 Å². The molecule has 0 fully saturated rings. The molecule has 0 radical (unpaired) electrons. The van der Waals surface area contributed by atoms with E-state index >= 15 is 0 Å². The molecule has 1 heterocycles. The zero-order chi connectivity index (χ0) is 12.5. The van der Waals surface area contributed by atoms with Crippen LogP contribution in [0.15, 0.2) is 18.6 Å². The van der Waals surface area contributed by atoms with Crippen molar-refractivity contribution in [3.8, 4) is 0 Å². The van der Waals surface area contributed by atoms with E-state index in [1.165, 1.54) is 18.6 Å². The molecule has 0 saturated carbocycles. The van der Waals surface area contributed by atoms with Crippen molar-refractivity contribution in [3.05, 3.63) is 24.3 Å². The summed E-state index contributed by atoms with van der Waals surface area (Å²) in [6.45, 7) is 2.33. The van der Waals surface area contributed by atoms with Crippen LogP contribution < -0.4 is 5.32 Å². The first-order valence-electron chi connectivity index (χ1n) is 5.44. The molecule has 0 saturated heterocycles. The molecule has 0 bridgehead atoms. The minimum Gasteiger partial charge on any atom is -0.451 e. The summed E-state index contributed by atoms with van der Waals surface area (Å²) in [6.07, 6.45) is 6.03. The highest BCUT2D eigenvalue weighted by Gasteiger charge is 2.10. The summed E-state index contributed by atoms with van der Waals surface area (Å²) < 4.78 is 4.77. The van der Waals surface area contributed by atoms with Gasteiger partial charge in [-0.25, -0.2) is 9.78 Å². The Balaban J connectivity index is 2.26. The number of unbranched alkanes of at least 4 members (excludes halogenated alkanes) is 1. The molecule has 1 amide bonds. The van der Waals surface area contributed by atoms with Crippen LogP contribution in [0.3, 0.4) is 0 Å². The van der Waals surface area contributed by atoms with Crippen molar-refractivity contribution < 1.29 is 14.3 Å². The van der Waals surface area contributed by atoms with Gasteiger partial charge in [-0.15, -0.1) is 0 Å². The number of carbonyl (C=O) groups excluding carboxylic acids is 2. The number of nitrogens with one attached hydrogen (secondary N) is 1. The molecule has 0 unspecified atom stereocenters. The minimum absolute atomic E-state index is 0.0915. The fourth-order valence-electron chi connectivity index (χ4n) is 1.07. The molecule has 1 aromatic rings. The molecule has 1 aromatic heterocycles. The molecule has 17 heavy (non-hydrogen) atoms. The molecule has 0 aliphatic rings. The molecule has 92 valence electrons. The summed E-state index contributed by atoms with van der Waals surface area (Å²) in [5, 5.41) is 2.64. The Bertz CT molecular complexity index is 367. The Morgan fingerprint density at radius 1 is 1.41 bits per heavy atom. The number of hydrogen-bond donors (Lipinski definition) is 1. The molecule has 1 rings (SSSR count). The molecule has 6 nitrogen and oxygen atoms in total. The quantitative estimate of drug-likeness (QED) is 0.577. The Hall–Kier alpha value is -1.98. The van der Waals surface area contributed by atoms with E-state index in [0.29, 0.717) is 6.54 Å². The van der Waals surface area contributed by atoms with Crippen LogP contribution in [0.5, 0.6) is 0 Å². The highest BCUT2D eigenvalue weighted by Crippen LogP contribution is 1.94. The van der Waals surface area contributed by atoms with E-state index in [1.807, 2.05) is 6.92 Å². The molecule has 6 heteroatoms. The summed E-state index contributed by atoms with van der Waals surface area (Å²) in [5.41, 5.74) is 0.0915. The first-order chi connectivity index (χ1) is 8.24. The summed E-state index contributed by atoms with van der Waals surface area (Å²) in [7, 11) is 0. The number of nitrogens with zero attached hydrogens (tertiary/aromatic N) is 2. The maximum atomic E-state index is 11.4. The van der Waals surface area contributed by atoms with Crippen molar-refractivity contribution >= 4 is 11.9 Å². The first-order valence-corrected chi connectivity index (χ1v) is 5.44. The predicted octanol–water partition coefficient (Wildman–Crippen LogP) is 0.550. The first kappa shape index (κ1) is 13.1. The second-order valence-corrected chi connectivity index (χ2v) is 3.37. The third-order valence-corrected chi connectivity index (χ3v) is 1.96. The molecular weight excluding hydrogens is 222 g/mol. The molecular formula is C11H15N3O3. The molecule has 0 atom stereocenters. The van der Waals surface area contributed by atoms with Gasteiger partial charge in [0.1, 0.15) is 0 Å². The van der Waals surface area contributed by atoms with Gasteiger partial charge in [0, 0.05) is 18.9 Å². The average Bonchev–Trinajstić information content (AvgIpc) is 2.37. The monoisotopic (exact) mass is 237 g/mol. The van der Waals surface area contributed by atoms with Gasteiger partial charge >= 0.3 is 5.97 Å². The van der Waals surface area contributed by atoms with E-state index in [9.17, 15) is 9.59 Å². The van der Waals surface area contributed by atoms with Gasteiger partial charge in [0.05, 0.1) is 6.20 Å². The van der Waals surface area contributed by atoms with Gasteiger partial charge in [0.25, 0.3) is 5.91 Å². The molecule has 1 N–H and O–H groups in total. The molecule has 0 aliphatic heterocycles. The summed E-state index contributed by atoms with van der Waals surface area (Å²) in [5.74, 6) is -0.959. The Morgan fingerprint density at radius 2 is 2.24 bits per heavy atom. The van der Waals surface area contributed by atoms with Gasteiger partial charge in [-0.3, -0.25) is 9.78 Å². The zero-order valence-electron chi connectivity index (χ0n) is 9.68. The van der Waals surface area contributed by atoms with E-state index in [2.05, 4.69) is 15.3 Å². The van der Waals surface area contributed by atoms with Crippen molar-refractivity contribution in [3.63, 3.8) is 0 Å². The molecule has 0 aliphatic carbocycles. The second-order valence-electron chi connectivity index (χ2n) is 3.37. The third kappa shape index (κ3) is 5.05. The standard InChI is InChI=1S/C11H15N3O3/c1-2-3-4-14-10(15)8-17-11(16)9-7-12-5-6-13-9/h5-7H,2-4,8H2,1H3,(H,14,15). The van der Waals surface area contributed by atoms with E-state index in [4.69, 9.17) is 4.74 Å². The van der Waals surface area contributed by atoms with Crippen molar-refractivity contribution in [2.45, 2.75) is 19.8 Å². The number of ether oxygens (including phenoxy) is 1. The topological polar surface area (TPSA) is 81.2 Å². The number of esters is 1. The fourth-order valence-corrected chi connectivity index (χ4v) is 1.07. The van der Waals surface area contributed by atoms with E-state index in [-0.39, 0.29) is 18.2 Å². The maximum Gasteiger partial charge on any atom is 0.359 e. The van der Waals surface area contributed by atoms with Crippen LogP contribution in [0.4, 0.5) is 0 Å². The Kier molecular flexibility index (Phi) is 5.63. The number of carbonyl (C=O) groups is 2. The SMILES string of the molecule is CCCCNC(=O)COC(=O)c1cnccn1. The summed E-state index contributed by atoms with van der Waals surface area (Å²) >= 11 is 0. The lowest BCUT2D eigenvalue weighted by Gasteiger charge is -2.05. The van der Waals surface area contributed by atoms with Crippen molar-refractivity contribution in [2.24, 2.45) is 0 Å². The highest BCUT2D eigenvalue weighted by atomic mass is 16.5. The average molecular weight is 237 g/mol. The van der Waals surface area contributed by atoms with E-state index in [0.717, 1.165) is 12.8 Å². The molecule has 0 aromatic carbocycles. The van der Waals surface area contributed by atoms with Crippen LogP contribution in [0.1, 0.15) is 30.3 Å². The number of hydrogen-bond acceptors (Lipinski definition) is 5. The van der Waals surface area contributed by atoms with Crippen LogP contribution in [0.2, 0.25) is 0 Å². The van der Waals surface area contributed by atoms with Crippen LogP contribution in [-0.4, -0.2) is 35.0 Å². The zero-order valence-corrected chi connectivity index (χ0v) is 9.68. The van der Waals surface area contributed by atoms with Crippen LogP contribution in [0, 0.1) is 0 Å². The minimum atomic E-state index is -0.649. The van der Waals surface area contributed by atoms with Gasteiger partial charge in [-0.05, 0) is 6.42 Å². The lowest BCUT2D eigenvalue weighted by atomic mass is 10.3. The van der Waals surface area contributed by atoms with Gasteiger partial charge in [0.15, 0.2) is 12.3 Å². The maximum absolute atomic E-state index is 11.4. The second kappa shape index (κ2) is 7.32. The predicted molar refractivity (Wildman–Crippen MR) is 60.2 cm³/mol. The highest BCUT2D eigenvalue weighted by molar-refractivity contribution is 5.89. The number of amides is 1. The van der Waals surface area contributed by atoms with Gasteiger partial charge < -0.3 is 10.1 Å². The fraction of sp³-hybridized carbons (Fsp3) is 0.455. The Morgan fingerprint density at radius 3 is 2.88 bits per heavy atom. The van der Waals surface area contributed by atoms with Gasteiger partial charge in [-0.1, -0.05) is 13.3 Å². The van der Waals surface area contributed by atoms with Gasteiger partial charge in [-0.2, -0.15) is 0 Å². The smallest absolute Gasteiger partial charge is 0.359 e. The Labute approximate surface area is 99.4 Å². The largest absolute Gasteiger partial charge is 0.451 e. The van der Waals surface area contributed by atoms with Crippen molar-refractivity contribution in [2.75, 3.05) is 13.2 Å². The number of rotatable bonds is 6. The molecule has 0 spiro atoms. The van der Waals surface area contributed by atoms with Gasteiger partial charge in [0.2, 0.25) is 0 Å². The summed E-state index contributed by atoms with van der Waals surface area (Å²) in [6, 6.07) is 0. The van der Waals surface area contributed by atoms with Crippen LogP contribution in [0.25, 0.3) is 0 Å². The van der Waals surface area contributed by atoms with E-state index < -0.39 is 5.97 Å². The normalized spacial score (nSPS) is 9.71. The third-order valence-electron chi connectivity index (χ3n) is 1.96.